The zero-order valence-corrected chi connectivity index (χ0v) is 12.5. The molecule has 0 radical (unpaired) electrons. The van der Waals surface area contributed by atoms with Gasteiger partial charge in [-0.1, -0.05) is 20.3 Å². The van der Waals surface area contributed by atoms with Crippen molar-refractivity contribution in [2.45, 2.75) is 52.0 Å². The second-order valence-electron chi connectivity index (χ2n) is 6.92. The summed E-state index contributed by atoms with van der Waals surface area (Å²) in [6.45, 7) is 8.40. The van der Waals surface area contributed by atoms with E-state index in [1.54, 1.807) is 0 Å². The number of carbonyl (C=O) groups excluding carboxylic acids is 1. The van der Waals surface area contributed by atoms with Gasteiger partial charge in [-0.3, -0.25) is 9.69 Å². The molecule has 19 heavy (non-hydrogen) atoms. The van der Waals surface area contributed by atoms with E-state index in [-0.39, 0.29) is 17.2 Å². The van der Waals surface area contributed by atoms with Crippen molar-refractivity contribution in [3.8, 4) is 0 Å². The minimum absolute atomic E-state index is 0.259. The maximum Gasteiger partial charge on any atom is 0.224 e. The fourth-order valence-corrected chi connectivity index (χ4v) is 3.34. The summed E-state index contributed by atoms with van der Waals surface area (Å²) in [7, 11) is 0. The fraction of sp³-hybridized carbons (Fsp3) is 0.933. The average Bonchev–Trinajstić information content (AvgIpc) is 2.78. The molecule has 0 bridgehead atoms. The first kappa shape index (κ1) is 14.8. The molecule has 0 aromatic carbocycles. The van der Waals surface area contributed by atoms with Gasteiger partial charge < -0.3 is 11.1 Å². The monoisotopic (exact) mass is 267 g/mol. The number of rotatable bonds is 6. The number of hydrogen-bond donors (Lipinski definition) is 2. The highest BCUT2D eigenvalue weighted by molar-refractivity contribution is 5.82. The number of amides is 1. The van der Waals surface area contributed by atoms with Crippen molar-refractivity contribution in [1.29, 1.82) is 0 Å². The molecule has 2 atom stereocenters. The van der Waals surface area contributed by atoms with E-state index in [4.69, 9.17) is 5.73 Å². The number of carbonyl (C=O) groups is 1. The summed E-state index contributed by atoms with van der Waals surface area (Å²) in [6, 6.07) is 0.462. The topological polar surface area (TPSA) is 58.4 Å². The van der Waals surface area contributed by atoms with Gasteiger partial charge in [0.2, 0.25) is 5.91 Å². The smallest absolute Gasteiger partial charge is 0.224 e. The molecule has 4 heteroatoms. The highest BCUT2D eigenvalue weighted by atomic mass is 16.2. The Balaban J connectivity index is 1.72. The Hall–Kier alpha value is -0.610. The second-order valence-corrected chi connectivity index (χ2v) is 6.92. The van der Waals surface area contributed by atoms with Gasteiger partial charge in [-0.05, 0) is 50.7 Å². The van der Waals surface area contributed by atoms with Crippen LogP contribution in [0.3, 0.4) is 0 Å². The average molecular weight is 267 g/mol. The number of unbranched alkanes of at least 4 members (excludes halogenated alkanes) is 1. The lowest BCUT2D eigenvalue weighted by Crippen LogP contribution is -2.45. The van der Waals surface area contributed by atoms with Crippen molar-refractivity contribution in [2.75, 3.05) is 26.2 Å². The van der Waals surface area contributed by atoms with E-state index >= 15 is 0 Å². The van der Waals surface area contributed by atoms with Gasteiger partial charge in [-0.15, -0.1) is 0 Å². The van der Waals surface area contributed by atoms with Crippen LogP contribution >= 0.6 is 0 Å². The predicted octanol–water partition coefficient (Wildman–Crippen LogP) is 1.35. The van der Waals surface area contributed by atoms with E-state index in [9.17, 15) is 4.79 Å². The standard InChI is InChI=1S/C15H29N3O/c1-15(2,11-16)7-3-4-8-18-9-5-6-12-13(18)10-17-14(12)19/h12-13H,3-11,16H2,1-2H3,(H,17,19). The minimum atomic E-state index is 0.259. The van der Waals surface area contributed by atoms with Gasteiger partial charge in [0.25, 0.3) is 0 Å². The van der Waals surface area contributed by atoms with Crippen LogP contribution < -0.4 is 11.1 Å². The Morgan fingerprint density at radius 3 is 2.95 bits per heavy atom. The molecule has 2 fully saturated rings. The van der Waals surface area contributed by atoms with Crippen LogP contribution in [-0.2, 0) is 4.79 Å². The Labute approximate surface area is 117 Å². The Morgan fingerprint density at radius 2 is 2.21 bits per heavy atom. The molecule has 0 aromatic heterocycles. The Morgan fingerprint density at radius 1 is 1.42 bits per heavy atom. The first-order chi connectivity index (χ1) is 9.03. The van der Waals surface area contributed by atoms with Crippen LogP contribution in [0.25, 0.3) is 0 Å². The number of nitrogens with two attached hydrogens (primary N) is 1. The summed E-state index contributed by atoms with van der Waals surface area (Å²) in [5.74, 6) is 0.535. The van der Waals surface area contributed by atoms with Crippen molar-refractivity contribution >= 4 is 5.91 Å². The lowest BCUT2D eigenvalue weighted by molar-refractivity contribution is -0.124. The third kappa shape index (κ3) is 3.69. The van der Waals surface area contributed by atoms with Crippen molar-refractivity contribution in [1.82, 2.24) is 10.2 Å². The van der Waals surface area contributed by atoms with Crippen LogP contribution in [0.15, 0.2) is 0 Å². The molecule has 2 aliphatic heterocycles. The number of nitrogens with one attached hydrogen (secondary N) is 1. The van der Waals surface area contributed by atoms with Gasteiger partial charge in [-0.2, -0.15) is 0 Å². The number of hydrogen-bond acceptors (Lipinski definition) is 3. The van der Waals surface area contributed by atoms with Crippen molar-refractivity contribution < 1.29 is 4.79 Å². The highest BCUT2D eigenvalue weighted by Crippen LogP contribution is 2.28. The summed E-state index contributed by atoms with van der Waals surface area (Å²) in [5.41, 5.74) is 6.03. The molecular formula is C15H29N3O. The fourth-order valence-electron chi connectivity index (χ4n) is 3.34. The predicted molar refractivity (Wildman–Crippen MR) is 77.8 cm³/mol. The van der Waals surface area contributed by atoms with Gasteiger partial charge in [-0.25, -0.2) is 0 Å². The molecule has 2 aliphatic rings. The number of nitrogens with zero attached hydrogens (tertiary/aromatic N) is 1. The minimum Gasteiger partial charge on any atom is -0.354 e. The van der Waals surface area contributed by atoms with Crippen LogP contribution in [0, 0.1) is 11.3 Å². The van der Waals surface area contributed by atoms with E-state index in [1.165, 1.54) is 25.7 Å². The maximum atomic E-state index is 11.7. The third-order valence-electron chi connectivity index (χ3n) is 4.82. The number of likely N-dealkylation sites (tertiary alicyclic amines) is 1. The second kappa shape index (κ2) is 6.23. The van der Waals surface area contributed by atoms with Gasteiger partial charge >= 0.3 is 0 Å². The molecule has 0 saturated carbocycles. The zero-order valence-electron chi connectivity index (χ0n) is 12.5. The molecule has 1 amide bonds. The highest BCUT2D eigenvalue weighted by Gasteiger charge is 2.40. The van der Waals surface area contributed by atoms with Crippen molar-refractivity contribution in [2.24, 2.45) is 17.1 Å². The van der Waals surface area contributed by atoms with Crippen molar-refractivity contribution in [3.05, 3.63) is 0 Å². The number of piperidine rings is 1. The molecule has 2 rings (SSSR count). The molecule has 110 valence electrons. The van der Waals surface area contributed by atoms with E-state index in [0.29, 0.717) is 6.04 Å². The summed E-state index contributed by atoms with van der Waals surface area (Å²) in [6.07, 6.45) is 5.90. The molecular weight excluding hydrogens is 238 g/mol. The molecule has 2 saturated heterocycles. The largest absolute Gasteiger partial charge is 0.354 e. The van der Waals surface area contributed by atoms with Crippen LogP contribution in [0.1, 0.15) is 46.0 Å². The lowest BCUT2D eigenvalue weighted by atomic mass is 9.87. The van der Waals surface area contributed by atoms with Gasteiger partial charge in [0, 0.05) is 12.6 Å². The molecule has 0 spiro atoms. The quantitative estimate of drug-likeness (QED) is 0.714. The van der Waals surface area contributed by atoms with E-state index < -0.39 is 0 Å². The third-order valence-corrected chi connectivity index (χ3v) is 4.82. The zero-order chi connectivity index (χ0) is 13.9. The maximum absolute atomic E-state index is 11.7. The SMILES string of the molecule is CC(C)(CN)CCCCN1CCCC2C(=O)NCC21. The molecule has 4 nitrogen and oxygen atoms in total. The molecule has 2 unspecified atom stereocenters. The Bertz CT molecular complexity index is 317. The Kier molecular flexibility index (Phi) is 4.85. The first-order valence-electron chi connectivity index (χ1n) is 7.75. The first-order valence-corrected chi connectivity index (χ1v) is 7.75. The van der Waals surface area contributed by atoms with Gasteiger partial charge in [0.15, 0.2) is 0 Å². The normalized spacial score (nSPS) is 28.3. The van der Waals surface area contributed by atoms with E-state index in [1.807, 2.05) is 0 Å². The molecule has 0 aromatic rings. The summed E-state index contributed by atoms with van der Waals surface area (Å²) < 4.78 is 0. The lowest BCUT2D eigenvalue weighted by Gasteiger charge is -2.36. The van der Waals surface area contributed by atoms with E-state index in [2.05, 4.69) is 24.1 Å². The molecule has 0 aliphatic carbocycles. The summed E-state index contributed by atoms with van der Waals surface area (Å²) >= 11 is 0. The van der Waals surface area contributed by atoms with Gasteiger partial charge in [0.05, 0.1) is 5.92 Å². The van der Waals surface area contributed by atoms with Crippen LogP contribution in [0.2, 0.25) is 0 Å². The van der Waals surface area contributed by atoms with Crippen LogP contribution in [0.4, 0.5) is 0 Å². The summed E-state index contributed by atoms with van der Waals surface area (Å²) in [5, 5.41) is 3.02. The van der Waals surface area contributed by atoms with Crippen molar-refractivity contribution in [3.63, 3.8) is 0 Å². The molecule has 3 N–H and O–H groups in total. The van der Waals surface area contributed by atoms with Crippen LogP contribution in [-0.4, -0.2) is 43.0 Å². The summed E-state index contributed by atoms with van der Waals surface area (Å²) in [4.78, 5) is 14.2. The number of fused-ring (bicyclic) bond motifs is 1. The van der Waals surface area contributed by atoms with E-state index in [0.717, 1.165) is 32.6 Å². The van der Waals surface area contributed by atoms with Crippen LogP contribution in [0.5, 0.6) is 0 Å². The molecule has 2 heterocycles. The van der Waals surface area contributed by atoms with Gasteiger partial charge in [0.1, 0.15) is 0 Å².